The van der Waals surface area contributed by atoms with Crippen LogP contribution in [0.2, 0.25) is 0 Å². The zero-order valence-electron chi connectivity index (χ0n) is 20.6. The number of alkyl halides is 3. The van der Waals surface area contributed by atoms with Crippen molar-refractivity contribution in [2.24, 2.45) is 5.92 Å². The maximum Gasteiger partial charge on any atom is 0.419 e. The molecule has 6 nitrogen and oxygen atoms in total. The summed E-state index contributed by atoms with van der Waals surface area (Å²) in [5, 5.41) is 4.78. The van der Waals surface area contributed by atoms with Crippen LogP contribution in [0.25, 0.3) is 11.3 Å². The number of hydrogen-bond acceptors (Lipinski definition) is 5. The van der Waals surface area contributed by atoms with Gasteiger partial charge < -0.3 is 5.73 Å². The quantitative estimate of drug-likeness (QED) is 0.675. The van der Waals surface area contributed by atoms with Crippen molar-refractivity contribution in [3.8, 4) is 11.3 Å². The highest BCUT2D eigenvalue weighted by Gasteiger charge is 2.60. The number of hydrogen-bond donors (Lipinski definition) is 1. The SMILES string of the molecule is CC(C)n1nc(-c2cnc(N)c(C(F)(F)F)c2)cc1C12CCC(N3CCN4CCCC4C3)C[C@H]1C2. The van der Waals surface area contributed by atoms with Crippen LogP contribution in [0.5, 0.6) is 0 Å². The van der Waals surface area contributed by atoms with Crippen LogP contribution in [0.3, 0.4) is 0 Å². The number of rotatable bonds is 4. The van der Waals surface area contributed by atoms with E-state index in [1.807, 2.05) is 10.7 Å². The van der Waals surface area contributed by atoms with Gasteiger partial charge >= 0.3 is 6.18 Å². The Morgan fingerprint density at radius 2 is 1.89 bits per heavy atom. The molecule has 2 saturated carbocycles. The molecule has 2 N–H and O–H groups in total. The maximum atomic E-state index is 13.4. The minimum atomic E-state index is -4.54. The molecule has 3 unspecified atom stereocenters. The fraction of sp³-hybridized carbons (Fsp3) is 0.692. The third kappa shape index (κ3) is 3.95. The molecule has 0 radical (unpaired) electrons. The summed E-state index contributed by atoms with van der Waals surface area (Å²) in [4.78, 5) is 9.25. The van der Waals surface area contributed by atoms with Crippen molar-refractivity contribution < 1.29 is 13.2 Å². The van der Waals surface area contributed by atoms with E-state index >= 15 is 0 Å². The average molecular weight is 489 g/mol. The van der Waals surface area contributed by atoms with Crippen molar-refractivity contribution in [2.45, 2.75) is 82.1 Å². The van der Waals surface area contributed by atoms with Crippen LogP contribution in [-0.4, -0.2) is 62.8 Å². The first-order valence-electron chi connectivity index (χ1n) is 13.1. The molecule has 2 aliphatic heterocycles. The molecular weight excluding hydrogens is 453 g/mol. The van der Waals surface area contributed by atoms with Crippen LogP contribution in [0.4, 0.5) is 19.0 Å². The number of pyridine rings is 1. The van der Waals surface area contributed by atoms with Crippen molar-refractivity contribution in [1.82, 2.24) is 24.6 Å². The summed E-state index contributed by atoms with van der Waals surface area (Å²) in [6.07, 6.45) is 4.21. The fourth-order valence-electron chi connectivity index (χ4n) is 7.13. The van der Waals surface area contributed by atoms with E-state index in [2.05, 4.69) is 28.6 Å². The van der Waals surface area contributed by atoms with E-state index in [-0.39, 0.29) is 11.5 Å². The average Bonchev–Trinajstić information content (AvgIpc) is 3.15. The third-order valence-electron chi connectivity index (χ3n) is 9.10. The summed E-state index contributed by atoms with van der Waals surface area (Å²) in [7, 11) is 0. The Labute approximate surface area is 204 Å². The highest BCUT2D eigenvalue weighted by Crippen LogP contribution is 2.63. The van der Waals surface area contributed by atoms with Crippen LogP contribution < -0.4 is 5.73 Å². The molecule has 2 aliphatic carbocycles. The summed E-state index contributed by atoms with van der Waals surface area (Å²) >= 11 is 0. The fourth-order valence-corrected chi connectivity index (χ4v) is 7.13. The van der Waals surface area contributed by atoms with Crippen LogP contribution in [-0.2, 0) is 11.6 Å². The Hall–Kier alpha value is -2.13. The van der Waals surface area contributed by atoms with Gasteiger partial charge in [0.25, 0.3) is 0 Å². The molecule has 190 valence electrons. The molecule has 9 heteroatoms. The van der Waals surface area contributed by atoms with Gasteiger partial charge in [-0.3, -0.25) is 14.5 Å². The zero-order chi connectivity index (χ0) is 24.5. The maximum absolute atomic E-state index is 13.4. The van der Waals surface area contributed by atoms with E-state index in [0.717, 1.165) is 24.9 Å². The molecule has 35 heavy (non-hydrogen) atoms. The summed E-state index contributed by atoms with van der Waals surface area (Å²) in [6, 6.07) is 4.64. The predicted octanol–water partition coefficient (Wildman–Crippen LogP) is 4.72. The van der Waals surface area contributed by atoms with Crippen molar-refractivity contribution in [1.29, 1.82) is 0 Å². The van der Waals surface area contributed by atoms with Gasteiger partial charge in [-0.05, 0) is 77.0 Å². The molecule has 4 heterocycles. The third-order valence-corrected chi connectivity index (χ3v) is 9.10. The van der Waals surface area contributed by atoms with Crippen molar-refractivity contribution in [3.05, 3.63) is 29.6 Å². The predicted molar refractivity (Wildman–Crippen MR) is 129 cm³/mol. The van der Waals surface area contributed by atoms with Gasteiger partial charge in [-0.2, -0.15) is 18.3 Å². The minimum Gasteiger partial charge on any atom is -0.383 e. The molecule has 2 aromatic heterocycles. The summed E-state index contributed by atoms with van der Waals surface area (Å²) in [5.74, 6) is 0.127. The number of piperazine rings is 1. The molecule has 2 aromatic rings. The number of nitrogens with two attached hydrogens (primary N) is 1. The zero-order valence-corrected chi connectivity index (χ0v) is 20.6. The van der Waals surface area contributed by atoms with Crippen molar-refractivity contribution in [3.63, 3.8) is 0 Å². The Balaban J connectivity index is 1.24. The number of nitrogens with zero attached hydrogens (tertiary/aromatic N) is 5. The second-order valence-corrected chi connectivity index (χ2v) is 11.4. The number of anilines is 1. The summed E-state index contributed by atoms with van der Waals surface area (Å²) in [6.45, 7) is 9.04. The molecular formula is C26H35F3N6. The van der Waals surface area contributed by atoms with Crippen LogP contribution >= 0.6 is 0 Å². The van der Waals surface area contributed by atoms with Crippen molar-refractivity contribution in [2.75, 3.05) is 31.9 Å². The number of aromatic nitrogens is 3. The van der Waals surface area contributed by atoms with E-state index < -0.39 is 17.6 Å². The van der Waals surface area contributed by atoms with E-state index in [9.17, 15) is 13.2 Å². The largest absolute Gasteiger partial charge is 0.419 e. The highest BCUT2D eigenvalue weighted by atomic mass is 19.4. The molecule has 6 rings (SSSR count). The topological polar surface area (TPSA) is 63.2 Å². The van der Waals surface area contributed by atoms with Gasteiger partial charge in [0, 0.05) is 60.6 Å². The minimum absolute atomic E-state index is 0.106. The smallest absolute Gasteiger partial charge is 0.383 e. The van der Waals surface area contributed by atoms with Gasteiger partial charge in [-0.15, -0.1) is 0 Å². The lowest BCUT2D eigenvalue weighted by Crippen LogP contribution is -2.54. The Morgan fingerprint density at radius 3 is 2.63 bits per heavy atom. The molecule has 4 aliphatic rings. The monoisotopic (exact) mass is 488 g/mol. The molecule has 0 spiro atoms. The first-order valence-corrected chi connectivity index (χ1v) is 13.1. The second kappa shape index (κ2) is 8.20. The lowest BCUT2D eigenvalue weighted by Gasteiger charge is -2.43. The Bertz CT molecular complexity index is 1110. The Morgan fingerprint density at radius 1 is 1.09 bits per heavy atom. The van der Waals surface area contributed by atoms with Crippen LogP contribution in [0.15, 0.2) is 18.3 Å². The van der Waals surface area contributed by atoms with E-state index in [0.29, 0.717) is 23.2 Å². The van der Waals surface area contributed by atoms with Crippen LogP contribution in [0, 0.1) is 5.92 Å². The number of nitrogen functional groups attached to an aromatic ring is 1. The van der Waals surface area contributed by atoms with E-state index in [4.69, 9.17) is 10.8 Å². The van der Waals surface area contributed by atoms with Gasteiger partial charge in [0.05, 0.1) is 11.3 Å². The Kier molecular flexibility index (Phi) is 5.45. The number of halogens is 3. The highest BCUT2D eigenvalue weighted by molar-refractivity contribution is 5.63. The first-order chi connectivity index (χ1) is 16.7. The lowest BCUT2D eigenvalue weighted by atomic mass is 9.82. The first kappa shape index (κ1) is 23.3. The van der Waals surface area contributed by atoms with Crippen molar-refractivity contribution >= 4 is 5.82 Å². The van der Waals surface area contributed by atoms with Gasteiger partial charge in [0.15, 0.2) is 0 Å². The molecule has 2 saturated heterocycles. The summed E-state index contributed by atoms with van der Waals surface area (Å²) < 4.78 is 42.3. The molecule has 0 aromatic carbocycles. The summed E-state index contributed by atoms with van der Waals surface area (Å²) in [5.41, 5.74) is 6.82. The van der Waals surface area contributed by atoms with Gasteiger partial charge in [-0.1, -0.05) is 0 Å². The van der Waals surface area contributed by atoms with Gasteiger partial charge in [0.1, 0.15) is 5.82 Å². The van der Waals surface area contributed by atoms with E-state index in [1.54, 1.807) is 0 Å². The molecule has 0 bridgehead atoms. The molecule has 4 fully saturated rings. The van der Waals surface area contributed by atoms with Gasteiger partial charge in [-0.25, -0.2) is 4.98 Å². The standard InChI is InChI=1S/C26H35F3N6/c1-16(2)35-23(12-22(32-35)17-10-21(26(27,28)29)24(30)31-14-17)25-6-5-19(11-18(25)13-25)34-9-8-33-7-3-4-20(33)15-34/h10,12,14,16,18-20H,3-9,11,13,15H2,1-2H3,(H2,30,31)/t18-,19?,20?,25?/m0/s1. The molecule has 0 amide bonds. The normalized spacial score (nSPS) is 31.5. The van der Waals surface area contributed by atoms with E-state index in [1.165, 1.54) is 63.8 Å². The number of fused-ring (bicyclic) bond motifs is 2. The lowest BCUT2D eigenvalue weighted by molar-refractivity contribution is -0.137. The second-order valence-electron chi connectivity index (χ2n) is 11.4. The van der Waals surface area contributed by atoms with Crippen LogP contribution in [0.1, 0.15) is 69.7 Å². The molecule has 4 atom stereocenters. The van der Waals surface area contributed by atoms with Gasteiger partial charge in [0.2, 0.25) is 0 Å².